The molecule has 4 heteroatoms. The van der Waals surface area contributed by atoms with E-state index in [9.17, 15) is 8.42 Å². The van der Waals surface area contributed by atoms with Crippen molar-refractivity contribution in [1.29, 1.82) is 0 Å². The Labute approximate surface area is 96.4 Å². The third-order valence-electron chi connectivity index (χ3n) is 2.76. The summed E-state index contributed by atoms with van der Waals surface area (Å²) in [4.78, 5) is 0.446. The van der Waals surface area contributed by atoms with E-state index < -0.39 is 10.0 Å². The minimum absolute atomic E-state index is 0.446. The quantitative estimate of drug-likeness (QED) is 0.752. The number of rotatable bonds is 3. The Bertz CT molecular complexity index is 498. The van der Waals surface area contributed by atoms with E-state index in [1.54, 1.807) is 12.1 Å². The van der Waals surface area contributed by atoms with Gasteiger partial charge in [-0.25, -0.2) is 8.42 Å². The van der Waals surface area contributed by atoms with E-state index in [1.165, 1.54) is 4.31 Å². The molecule has 0 N–H and O–H groups in total. The molecule has 0 atom stereocenters. The van der Waals surface area contributed by atoms with Crippen LogP contribution in [0.2, 0.25) is 0 Å². The van der Waals surface area contributed by atoms with Crippen LogP contribution in [0, 0.1) is 0 Å². The molecule has 0 aromatic heterocycles. The van der Waals surface area contributed by atoms with Gasteiger partial charge in [-0.3, -0.25) is 0 Å². The van der Waals surface area contributed by atoms with Gasteiger partial charge >= 0.3 is 0 Å². The van der Waals surface area contributed by atoms with Gasteiger partial charge in [-0.2, -0.15) is 4.31 Å². The van der Waals surface area contributed by atoms with Gasteiger partial charge in [0.05, 0.1) is 4.90 Å². The van der Waals surface area contributed by atoms with E-state index in [-0.39, 0.29) is 0 Å². The van der Waals surface area contributed by atoms with E-state index in [4.69, 9.17) is 0 Å². The van der Waals surface area contributed by atoms with Crippen LogP contribution in [0.1, 0.15) is 12.5 Å². The molecule has 0 unspecified atom stereocenters. The highest BCUT2D eigenvalue weighted by atomic mass is 32.2. The fraction of sp³-hybridized carbons (Fsp3) is 0.333. The van der Waals surface area contributed by atoms with Crippen LogP contribution in [0.15, 0.2) is 41.3 Å². The first-order valence-electron chi connectivity index (χ1n) is 5.39. The van der Waals surface area contributed by atoms with Crippen molar-refractivity contribution in [3.05, 3.63) is 42.0 Å². The Kier molecular flexibility index (Phi) is 3.12. The minimum Gasteiger partial charge on any atom is -0.207 e. The number of aryl methyl sites for hydroxylation is 1. The lowest BCUT2D eigenvalue weighted by Gasteiger charge is -2.17. The molecule has 1 aromatic rings. The molecule has 1 heterocycles. The molecular weight excluding hydrogens is 222 g/mol. The zero-order chi connectivity index (χ0) is 11.6. The topological polar surface area (TPSA) is 37.4 Å². The first-order valence-corrected chi connectivity index (χ1v) is 6.83. The van der Waals surface area contributed by atoms with Crippen molar-refractivity contribution < 1.29 is 8.42 Å². The van der Waals surface area contributed by atoms with Crippen LogP contribution in [0.3, 0.4) is 0 Å². The monoisotopic (exact) mass is 237 g/mol. The first-order chi connectivity index (χ1) is 7.66. The lowest BCUT2D eigenvalue weighted by Crippen LogP contribution is -2.29. The van der Waals surface area contributed by atoms with Crippen LogP contribution in [0.25, 0.3) is 0 Å². The smallest absolute Gasteiger partial charge is 0.207 e. The van der Waals surface area contributed by atoms with Crippen molar-refractivity contribution in [1.82, 2.24) is 4.31 Å². The van der Waals surface area contributed by atoms with Gasteiger partial charge in [0.15, 0.2) is 0 Å². The number of sulfonamides is 1. The Hall–Kier alpha value is -1.13. The molecule has 3 nitrogen and oxygen atoms in total. The lowest BCUT2D eigenvalue weighted by molar-refractivity contribution is 0.487. The van der Waals surface area contributed by atoms with Gasteiger partial charge in [-0.15, -0.1) is 0 Å². The first kappa shape index (κ1) is 11.4. The highest BCUT2D eigenvalue weighted by molar-refractivity contribution is 7.89. The van der Waals surface area contributed by atoms with Crippen molar-refractivity contribution in [3.63, 3.8) is 0 Å². The van der Waals surface area contributed by atoms with E-state index in [0.717, 1.165) is 12.0 Å². The summed E-state index contributed by atoms with van der Waals surface area (Å²) in [6.45, 7) is 2.94. The molecule has 0 saturated heterocycles. The summed E-state index contributed by atoms with van der Waals surface area (Å²) in [6.07, 6.45) is 4.49. The molecule has 0 saturated carbocycles. The summed E-state index contributed by atoms with van der Waals surface area (Å²) in [6, 6.07) is 7.21. The summed E-state index contributed by atoms with van der Waals surface area (Å²) in [5.41, 5.74) is 0.884. The van der Waals surface area contributed by atoms with Crippen molar-refractivity contribution >= 4 is 10.0 Å². The SMILES string of the molecule is CCc1ccccc1S(=O)(=O)N1CC=CC1. The molecule has 86 valence electrons. The number of hydrogen-bond acceptors (Lipinski definition) is 2. The fourth-order valence-electron chi connectivity index (χ4n) is 1.84. The normalized spacial score (nSPS) is 16.8. The largest absolute Gasteiger partial charge is 0.243 e. The van der Waals surface area contributed by atoms with Crippen molar-refractivity contribution in [3.8, 4) is 0 Å². The van der Waals surface area contributed by atoms with Gasteiger partial charge in [0.1, 0.15) is 0 Å². The van der Waals surface area contributed by atoms with E-state index in [1.807, 2.05) is 31.2 Å². The van der Waals surface area contributed by atoms with Crippen LogP contribution >= 0.6 is 0 Å². The third kappa shape index (κ3) is 1.90. The molecule has 0 spiro atoms. The highest BCUT2D eigenvalue weighted by Gasteiger charge is 2.26. The maximum Gasteiger partial charge on any atom is 0.243 e. The third-order valence-corrected chi connectivity index (χ3v) is 4.69. The second-order valence-electron chi connectivity index (χ2n) is 3.75. The second kappa shape index (κ2) is 4.39. The van der Waals surface area contributed by atoms with Crippen LogP contribution in [0.5, 0.6) is 0 Å². The molecule has 0 fully saturated rings. The average molecular weight is 237 g/mol. The summed E-state index contributed by atoms with van der Waals surface area (Å²) in [5, 5.41) is 0. The van der Waals surface area contributed by atoms with Crippen molar-refractivity contribution in [2.24, 2.45) is 0 Å². The van der Waals surface area contributed by atoms with Gasteiger partial charge in [-0.05, 0) is 18.1 Å². The average Bonchev–Trinajstić information content (AvgIpc) is 2.83. The predicted octanol–water partition coefficient (Wildman–Crippen LogP) is 1.81. The zero-order valence-corrected chi connectivity index (χ0v) is 10.1. The predicted molar refractivity (Wildman–Crippen MR) is 63.7 cm³/mol. The van der Waals surface area contributed by atoms with Gasteiger partial charge in [0.25, 0.3) is 0 Å². The lowest BCUT2D eigenvalue weighted by atomic mass is 10.2. The summed E-state index contributed by atoms with van der Waals surface area (Å²) >= 11 is 0. The van der Waals surface area contributed by atoms with E-state index in [2.05, 4.69) is 0 Å². The van der Waals surface area contributed by atoms with E-state index >= 15 is 0 Å². The molecule has 0 radical (unpaired) electrons. The van der Waals surface area contributed by atoms with E-state index in [0.29, 0.717) is 18.0 Å². The number of benzene rings is 1. The highest BCUT2D eigenvalue weighted by Crippen LogP contribution is 2.21. The molecule has 0 amide bonds. The van der Waals surface area contributed by atoms with Crippen LogP contribution in [-0.2, 0) is 16.4 Å². The number of hydrogen-bond donors (Lipinski definition) is 0. The Morgan fingerprint density at radius 1 is 1.19 bits per heavy atom. The summed E-state index contributed by atoms with van der Waals surface area (Å²) in [7, 11) is -3.31. The summed E-state index contributed by atoms with van der Waals surface area (Å²) in [5.74, 6) is 0. The minimum atomic E-state index is -3.31. The molecule has 1 aliphatic heterocycles. The molecular formula is C12H15NO2S. The Morgan fingerprint density at radius 2 is 1.81 bits per heavy atom. The standard InChI is InChI=1S/C12H15NO2S/c1-2-11-7-3-4-8-12(11)16(14,15)13-9-5-6-10-13/h3-8H,2,9-10H2,1H3. The Morgan fingerprint density at radius 3 is 2.44 bits per heavy atom. The Balaban J connectivity index is 2.42. The zero-order valence-electron chi connectivity index (χ0n) is 9.26. The molecule has 16 heavy (non-hydrogen) atoms. The van der Waals surface area contributed by atoms with Crippen LogP contribution in [0.4, 0.5) is 0 Å². The van der Waals surface area contributed by atoms with Gasteiger partial charge in [0.2, 0.25) is 10.0 Å². The van der Waals surface area contributed by atoms with Crippen molar-refractivity contribution in [2.45, 2.75) is 18.2 Å². The van der Waals surface area contributed by atoms with Gasteiger partial charge in [0, 0.05) is 13.1 Å². The van der Waals surface area contributed by atoms with Crippen LogP contribution in [-0.4, -0.2) is 25.8 Å². The van der Waals surface area contributed by atoms with Gasteiger partial charge < -0.3 is 0 Å². The number of nitrogens with zero attached hydrogens (tertiary/aromatic N) is 1. The molecule has 1 aromatic carbocycles. The van der Waals surface area contributed by atoms with Crippen molar-refractivity contribution in [2.75, 3.05) is 13.1 Å². The second-order valence-corrected chi connectivity index (χ2v) is 5.66. The molecule has 0 bridgehead atoms. The maximum atomic E-state index is 12.3. The maximum absolute atomic E-state index is 12.3. The van der Waals surface area contributed by atoms with Crippen LogP contribution < -0.4 is 0 Å². The molecule has 2 rings (SSSR count). The summed E-state index contributed by atoms with van der Waals surface area (Å²) < 4.78 is 26.1. The fourth-order valence-corrected chi connectivity index (χ4v) is 3.48. The molecule has 0 aliphatic carbocycles. The van der Waals surface area contributed by atoms with Gasteiger partial charge in [-0.1, -0.05) is 37.3 Å². The molecule has 1 aliphatic rings.